The molecule has 48 heavy (non-hydrogen) atoms. The third kappa shape index (κ3) is 5.60. The molecule has 0 saturated heterocycles. The van der Waals surface area contributed by atoms with E-state index in [9.17, 15) is 0 Å². The molecule has 0 aliphatic carbocycles. The molecule has 0 aliphatic rings. The van der Waals surface area contributed by atoms with Crippen LogP contribution in [0.5, 0.6) is 0 Å². The molecule has 0 radical (unpaired) electrons. The Kier molecular flexibility index (Phi) is 7.50. The van der Waals surface area contributed by atoms with Crippen LogP contribution in [-0.4, -0.2) is 19.9 Å². The van der Waals surface area contributed by atoms with Gasteiger partial charge in [-0.15, -0.1) is 0 Å². The van der Waals surface area contributed by atoms with E-state index >= 15 is 0 Å². The van der Waals surface area contributed by atoms with Gasteiger partial charge in [-0.2, -0.15) is 5.26 Å². The Morgan fingerprint density at radius 1 is 0.375 bits per heavy atom. The molecule has 0 N–H and O–H groups in total. The van der Waals surface area contributed by atoms with Crippen molar-refractivity contribution in [1.29, 1.82) is 5.26 Å². The second-order valence-electron chi connectivity index (χ2n) is 11.4. The van der Waals surface area contributed by atoms with Crippen LogP contribution in [0.25, 0.3) is 78.4 Å². The number of pyridine rings is 1. The first kappa shape index (κ1) is 28.7. The third-order valence-corrected chi connectivity index (χ3v) is 8.47. The van der Waals surface area contributed by atoms with E-state index in [1.165, 1.54) is 0 Å². The van der Waals surface area contributed by atoms with Crippen LogP contribution in [0.4, 0.5) is 0 Å². The third-order valence-electron chi connectivity index (χ3n) is 8.47. The van der Waals surface area contributed by atoms with Crippen molar-refractivity contribution >= 4 is 10.9 Å². The minimum atomic E-state index is 0.622. The van der Waals surface area contributed by atoms with E-state index in [-0.39, 0.29) is 0 Å². The van der Waals surface area contributed by atoms with Gasteiger partial charge in [0.25, 0.3) is 0 Å². The zero-order chi connectivity index (χ0) is 32.3. The highest BCUT2D eigenvalue weighted by Crippen LogP contribution is 2.36. The van der Waals surface area contributed by atoms with Crippen LogP contribution in [-0.2, 0) is 0 Å². The smallest absolute Gasteiger partial charge is 0.164 e. The number of nitrogens with zero attached hydrogens (tertiary/aromatic N) is 5. The molecular weight excluding hydrogens is 587 g/mol. The quantitative estimate of drug-likeness (QED) is 0.187. The molecule has 0 amide bonds. The molecule has 0 saturated carbocycles. The fourth-order valence-corrected chi connectivity index (χ4v) is 5.97. The molecule has 5 nitrogen and oxygen atoms in total. The lowest BCUT2D eigenvalue weighted by Crippen LogP contribution is -2.00. The molecule has 5 heteroatoms. The summed E-state index contributed by atoms with van der Waals surface area (Å²) in [5, 5.41) is 10.2. The van der Waals surface area contributed by atoms with Crippen molar-refractivity contribution in [2.75, 3.05) is 0 Å². The van der Waals surface area contributed by atoms with Gasteiger partial charge < -0.3 is 0 Å². The summed E-state index contributed by atoms with van der Waals surface area (Å²) in [7, 11) is 0. The summed E-state index contributed by atoms with van der Waals surface area (Å²) in [6, 6.07) is 55.2. The van der Waals surface area contributed by atoms with Crippen LogP contribution in [0.1, 0.15) is 5.56 Å². The second-order valence-corrected chi connectivity index (χ2v) is 11.4. The van der Waals surface area contributed by atoms with Crippen LogP contribution in [0.2, 0.25) is 0 Å². The molecule has 2 heterocycles. The fourth-order valence-electron chi connectivity index (χ4n) is 5.97. The standard InChI is InChI=1S/C43H27N5/c44-28-29-13-15-30(16-14-29)31-17-19-32(20-18-31)37-25-26-38(40-39(37)12-7-27-45-40)33-21-23-36(24-22-33)43-47-41(34-8-3-1-4-9-34)46-42(48-43)35-10-5-2-6-11-35/h1-27H. The zero-order valence-corrected chi connectivity index (χ0v) is 25.8. The number of aromatic nitrogens is 4. The summed E-state index contributed by atoms with van der Waals surface area (Å²) in [6.07, 6.45) is 1.85. The van der Waals surface area contributed by atoms with Crippen molar-refractivity contribution in [3.63, 3.8) is 0 Å². The Labute approximate surface area is 278 Å². The Morgan fingerprint density at radius 2 is 0.812 bits per heavy atom. The van der Waals surface area contributed by atoms with Crippen LogP contribution in [0.3, 0.4) is 0 Å². The average molecular weight is 614 g/mol. The van der Waals surface area contributed by atoms with Gasteiger partial charge in [-0.05, 0) is 46.0 Å². The minimum absolute atomic E-state index is 0.622. The van der Waals surface area contributed by atoms with Crippen LogP contribution < -0.4 is 0 Å². The Bertz CT molecular complexity index is 2360. The number of rotatable bonds is 6. The summed E-state index contributed by atoms with van der Waals surface area (Å²) in [5.74, 6) is 1.90. The number of fused-ring (bicyclic) bond motifs is 1. The molecule has 224 valence electrons. The molecule has 0 unspecified atom stereocenters. The molecule has 0 fully saturated rings. The first-order valence-corrected chi connectivity index (χ1v) is 15.7. The van der Waals surface area contributed by atoms with Gasteiger partial charge in [0, 0.05) is 33.8 Å². The van der Waals surface area contributed by atoms with Crippen molar-refractivity contribution in [1.82, 2.24) is 19.9 Å². The van der Waals surface area contributed by atoms with Crippen molar-refractivity contribution in [2.45, 2.75) is 0 Å². The maximum atomic E-state index is 9.13. The van der Waals surface area contributed by atoms with E-state index in [1.807, 2.05) is 97.2 Å². The number of benzene rings is 6. The van der Waals surface area contributed by atoms with E-state index < -0.39 is 0 Å². The second kappa shape index (κ2) is 12.6. The van der Waals surface area contributed by atoms with Gasteiger partial charge >= 0.3 is 0 Å². The molecule has 0 aliphatic heterocycles. The van der Waals surface area contributed by atoms with E-state index in [0.717, 1.165) is 61.0 Å². The van der Waals surface area contributed by atoms with Crippen molar-refractivity contribution in [2.24, 2.45) is 0 Å². The lowest BCUT2D eigenvalue weighted by atomic mass is 9.93. The Morgan fingerprint density at radius 3 is 1.35 bits per heavy atom. The van der Waals surface area contributed by atoms with Crippen molar-refractivity contribution < 1.29 is 0 Å². The highest BCUT2D eigenvalue weighted by molar-refractivity contribution is 6.02. The number of hydrogen-bond acceptors (Lipinski definition) is 5. The lowest BCUT2D eigenvalue weighted by molar-refractivity contribution is 1.07. The maximum absolute atomic E-state index is 9.13. The highest BCUT2D eigenvalue weighted by Gasteiger charge is 2.14. The van der Waals surface area contributed by atoms with E-state index in [2.05, 4.69) is 72.8 Å². The van der Waals surface area contributed by atoms with E-state index in [4.69, 9.17) is 25.2 Å². The first-order valence-electron chi connectivity index (χ1n) is 15.7. The molecule has 0 spiro atoms. The van der Waals surface area contributed by atoms with Crippen molar-refractivity contribution in [3.05, 3.63) is 169 Å². The predicted molar refractivity (Wildman–Crippen MR) is 192 cm³/mol. The molecule has 8 rings (SSSR count). The van der Waals surface area contributed by atoms with Gasteiger partial charge in [0.2, 0.25) is 0 Å². The molecule has 2 aromatic heterocycles. The first-order chi connectivity index (χ1) is 23.7. The molecule has 0 atom stereocenters. The van der Waals surface area contributed by atoms with Gasteiger partial charge in [0.1, 0.15) is 0 Å². The van der Waals surface area contributed by atoms with Gasteiger partial charge in [0.05, 0.1) is 17.1 Å². The Balaban J connectivity index is 1.14. The molecular formula is C43H27N5. The van der Waals surface area contributed by atoms with Crippen molar-refractivity contribution in [3.8, 4) is 73.6 Å². The van der Waals surface area contributed by atoms with Crippen LogP contribution in [0.15, 0.2) is 164 Å². The SMILES string of the molecule is N#Cc1ccc(-c2ccc(-c3ccc(-c4ccc(-c5nc(-c6ccccc6)nc(-c6ccccc6)n5)cc4)c4ncccc34)cc2)cc1. The summed E-state index contributed by atoms with van der Waals surface area (Å²) in [6.45, 7) is 0. The molecule has 8 aromatic rings. The van der Waals surface area contributed by atoms with Gasteiger partial charge in [0.15, 0.2) is 17.5 Å². The maximum Gasteiger partial charge on any atom is 0.164 e. The normalized spacial score (nSPS) is 10.9. The number of hydrogen-bond donors (Lipinski definition) is 0. The lowest BCUT2D eigenvalue weighted by Gasteiger charge is -2.13. The monoisotopic (exact) mass is 613 g/mol. The average Bonchev–Trinajstić information content (AvgIpc) is 3.18. The molecule has 6 aromatic carbocycles. The zero-order valence-electron chi connectivity index (χ0n) is 25.8. The van der Waals surface area contributed by atoms with Gasteiger partial charge in [-0.25, -0.2) is 15.0 Å². The predicted octanol–water partition coefficient (Wildman–Crippen LogP) is 10.3. The fraction of sp³-hybridized carbons (Fsp3) is 0. The van der Waals surface area contributed by atoms with Crippen LogP contribution in [0, 0.1) is 11.3 Å². The van der Waals surface area contributed by atoms with Gasteiger partial charge in [-0.1, -0.05) is 140 Å². The summed E-state index contributed by atoms with van der Waals surface area (Å²) in [4.78, 5) is 19.4. The highest BCUT2D eigenvalue weighted by atomic mass is 15.0. The summed E-state index contributed by atoms with van der Waals surface area (Å²) in [5.41, 5.74) is 10.9. The minimum Gasteiger partial charge on any atom is -0.256 e. The van der Waals surface area contributed by atoms with Gasteiger partial charge in [-0.3, -0.25) is 4.98 Å². The topological polar surface area (TPSA) is 75.3 Å². The molecule has 0 bridgehead atoms. The Hall–Kier alpha value is -6.77. The van der Waals surface area contributed by atoms with E-state index in [1.54, 1.807) is 0 Å². The largest absolute Gasteiger partial charge is 0.256 e. The summed E-state index contributed by atoms with van der Waals surface area (Å²) < 4.78 is 0. The van der Waals surface area contributed by atoms with E-state index in [0.29, 0.717) is 23.0 Å². The van der Waals surface area contributed by atoms with Crippen LogP contribution >= 0.6 is 0 Å². The summed E-state index contributed by atoms with van der Waals surface area (Å²) >= 11 is 0. The number of nitriles is 1.